The van der Waals surface area contributed by atoms with E-state index in [4.69, 9.17) is 0 Å². The zero-order chi connectivity index (χ0) is 24.2. The van der Waals surface area contributed by atoms with Gasteiger partial charge in [0.1, 0.15) is 23.5 Å². The van der Waals surface area contributed by atoms with Gasteiger partial charge >= 0.3 is 0 Å². The van der Waals surface area contributed by atoms with Crippen LogP contribution < -0.4 is 5.32 Å². The Balaban J connectivity index is 1.50. The number of hydrogen-bond donors (Lipinski definition) is 2. The van der Waals surface area contributed by atoms with Crippen LogP contribution in [0, 0.1) is 5.92 Å². The molecule has 1 aliphatic rings. The van der Waals surface area contributed by atoms with Gasteiger partial charge in [0.15, 0.2) is 5.82 Å². The number of aliphatic hydroxyl groups is 1. The zero-order valence-electron chi connectivity index (χ0n) is 19.6. The Hall–Kier alpha value is -3.66. The van der Waals surface area contributed by atoms with E-state index in [0.29, 0.717) is 42.8 Å². The monoisotopic (exact) mass is 463 g/mol. The van der Waals surface area contributed by atoms with Gasteiger partial charge in [0, 0.05) is 25.7 Å². The minimum atomic E-state index is -0.386. The largest absolute Gasteiger partial charge is 0.394 e. The lowest BCUT2D eigenvalue weighted by Crippen LogP contribution is -2.36. The molecule has 3 aromatic rings. The zero-order valence-corrected chi connectivity index (χ0v) is 19.6. The summed E-state index contributed by atoms with van der Waals surface area (Å²) in [4.78, 5) is 36.1. The molecule has 0 saturated heterocycles. The van der Waals surface area contributed by atoms with Gasteiger partial charge in [-0.1, -0.05) is 19.9 Å². The Labute approximate surface area is 198 Å². The maximum atomic E-state index is 12.9. The third kappa shape index (κ3) is 5.12. The molecule has 178 valence electrons. The van der Waals surface area contributed by atoms with Crippen LogP contribution >= 0.6 is 0 Å². The molecule has 0 aromatic carbocycles. The molecule has 2 N–H and O–H groups in total. The van der Waals surface area contributed by atoms with Crippen molar-refractivity contribution in [1.29, 1.82) is 0 Å². The van der Waals surface area contributed by atoms with E-state index in [1.54, 1.807) is 35.0 Å². The fraction of sp³-hybridized carbons (Fsp3) is 0.417. The fourth-order valence-corrected chi connectivity index (χ4v) is 3.90. The molecule has 0 aliphatic carbocycles. The smallest absolute Gasteiger partial charge is 0.275 e. The molecule has 3 aromatic heterocycles. The van der Waals surface area contributed by atoms with Crippen molar-refractivity contribution in [3.63, 3.8) is 0 Å². The average molecular weight is 464 g/mol. The van der Waals surface area contributed by atoms with Crippen LogP contribution in [-0.2, 0) is 17.8 Å². The molecule has 1 atom stereocenters. The molecule has 4 heterocycles. The Kier molecular flexibility index (Phi) is 6.97. The maximum absolute atomic E-state index is 12.9. The number of aromatic nitrogens is 5. The van der Waals surface area contributed by atoms with E-state index in [-0.39, 0.29) is 30.2 Å². The minimum absolute atomic E-state index is 0.0635. The standard InChI is InChI=1S/C24H29N7O3/c1-15(2)9-22(33)30-8-7-17-11-25-20(10-18(17)12-30)24(34)28-21-6-4-5-19(27-21)23-29-26-14-31(23)16(3)13-32/h4-6,10-11,14-16,32H,7-9,12-13H2,1-3H3,(H,27,28,34)/t16-/m1/s1. The van der Waals surface area contributed by atoms with E-state index in [9.17, 15) is 14.7 Å². The Morgan fingerprint density at radius 2 is 2.03 bits per heavy atom. The lowest BCUT2D eigenvalue weighted by molar-refractivity contribution is -0.132. The van der Waals surface area contributed by atoms with Gasteiger partial charge < -0.3 is 19.9 Å². The van der Waals surface area contributed by atoms with Crippen molar-refractivity contribution in [2.45, 2.75) is 46.2 Å². The summed E-state index contributed by atoms with van der Waals surface area (Å²) >= 11 is 0. The number of anilines is 1. The first kappa shape index (κ1) is 23.5. The second-order valence-electron chi connectivity index (χ2n) is 8.96. The van der Waals surface area contributed by atoms with Crippen LogP contribution in [0.2, 0.25) is 0 Å². The highest BCUT2D eigenvalue weighted by atomic mass is 16.3. The average Bonchev–Trinajstić information content (AvgIpc) is 3.32. The van der Waals surface area contributed by atoms with E-state index in [0.717, 1.165) is 17.5 Å². The molecule has 0 radical (unpaired) electrons. The second kappa shape index (κ2) is 10.1. The van der Waals surface area contributed by atoms with Crippen molar-refractivity contribution in [1.82, 2.24) is 29.6 Å². The van der Waals surface area contributed by atoms with E-state index in [1.165, 1.54) is 6.33 Å². The van der Waals surface area contributed by atoms with Crippen LogP contribution in [-0.4, -0.2) is 59.7 Å². The van der Waals surface area contributed by atoms with Gasteiger partial charge in [0.2, 0.25) is 5.91 Å². The third-order valence-corrected chi connectivity index (χ3v) is 5.80. The number of carbonyl (C=O) groups excluding carboxylic acids is 2. The summed E-state index contributed by atoms with van der Waals surface area (Å²) in [6.45, 7) is 6.99. The first-order chi connectivity index (χ1) is 16.4. The Morgan fingerprint density at radius 3 is 2.79 bits per heavy atom. The predicted octanol–water partition coefficient (Wildman–Crippen LogP) is 2.47. The molecule has 0 fully saturated rings. The van der Waals surface area contributed by atoms with Crippen LogP contribution in [0.5, 0.6) is 0 Å². The summed E-state index contributed by atoms with van der Waals surface area (Å²) in [5, 5.41) is 20.3. The molecular formula is C24H29N7O3. The first-order valence-corrected chi connectivity index (χ1v) is 11.4. The SMILES string of the molecule is CC(C)CC(=O)N1CCc2cnc(C(=O)Nc3cccc(-c4nncn4[C@H](C)CO)n3)cc2C1. The third-order valence-electron chi connectivity index (χ3n) is 5.80. The number of nitrogens with zero attached hydrogens (tertiary/aromatic N) is 6. The molecule has 0 bridgehead atoms. The topological polar surface area (TPSA) is 126 Å². The van der Waals surface area contributed by atoms with Crippen molar-refractivity contribution >= 4 is 17.6 Å². The summed E-state index contributed by atoms with van der Waals surface area (Å²) in [5.41, 5.74) is 2.79. The quantitative estimate of drug-likeness (QED) is 0.551. The molecule has 10 heteroatoms. The summed E-state index contributed by atoms with van der Waals surface area (Å²) in [6.07, 6.45) is 4.50. The maximum Gasteiger partial charge on any atom is 0.275 e. The molecule has 0 unspecified atom stereocenters. The fourth-order valence-electron chi connectivity index (χ4n) is 3.90. The number of nitrogens with one attached hydrogen (secondary N) is 1. The lowest BCUT2D eigenvalue weighted by Gasteiger charge is -2.29. The first-order valence-electron chi connectivity index (χ1n) is 11.4. The van der Waals surface area contributed by atoms with Crippen molar-refractivity contribution in [2.75, 3.05) is 18.5 Å². The minimum Gasteiger partial charge on any atom is -0.394 e. The van der Waals surface area contributed by atoms with E-state index in [1.807, 2.05) is 25.7 Å². The summed E-state index contributed by atoms with van der Waals surface area (Å²) in [5.74, 6) is 0.894. The number of amides is 2. The second-order valence-corrected chi connectivity index (χ2v) is 8.96. The number of hydrogen-bond acceptors (Lipinski definition) is 7. The molecule has 0 spiro atoms. The molecule has 34 heavy (non-hydrogen) atoms. The highest BCUT2D eigenvalue weighted by molar-refractivity contribution is 6.02. The van der Waals surface area contributed by atoms with Crippen LogP contribution in [0.15, 0.2) is 36.8 Å². The van der Waals surface area contributed by atoms with E-state index in [2.05, 4.69) is 25.5 Å². The normalized spacial score (nSPS) is 14.1. The molecule has 0 saturated carbocycles. The summed E-state index contributed by atoms with van der Waals surface area (Å²) in [7, 11) is 0. The van der Waals surface area contributed by atoms with Crippen molar-refractivity contribution in [2.24, 2.45) is 5.92 Å². The highest BCUT2D eigenvalue weighted by Crippen LogP contribution is 2.22. The predicted molar refractivity (Wildman–Crippen MR) is 126 cm³/mol. The van der Waals surface area contributed by atoms with Gasteiger partial charge in [-0.2, -0.15) is 0 Å². The Morgan fingerprint density at radius 1 is 1.21 bits per heavy atom. The molecule has 1 aliphatic heterocycles. The molecule has 2 amide bonds. The van der Waals surface area contributed by atoms with Crippen molar-refractivity contribution in [3.05, 3.63) is 53.6 Å². The van der Waals surface area contributed by atoms with Gasteiger partial charge in [-0.05, 0) is 48.6 Å². The number of aliphatic hydroxyl groups excluding tert-OH is 1. The van der Waals surface area contributed by atoms with Crippen LogP contribution in [0.1, 0.15) is 54.8 Å². The van der Waals surface area contributed by atoms with Gasteiger partial charge in [-0.15, -0.1) is 10.2 Å². The van der Waals surface area contributed by atoms with E-state index >= 15 is 0 Å². The Bertz CT molecular complexity index is 1190. The van der Waals surface area contributed by atoms with E-state index < -0.39 is 0 Å². The van der Waals surface area contributed by atoms with Crippen LogP contribution in [0.25, 0.3) is 11.5 Å². The van der Waals surface area contributed by atoms with Crippen molar-refractivity contribution < 1.29 is 14.7 Å². The molecule has 4 rings (SSSR count). The lowest BCUT2D eigenvalue weighted by atomic mass is 10.00. The summed E-state index contributed by atoms with van der Waals surface area (Å²) in [6, 6.07) is 6.75. The highest BCUT2D eigenvalue weighted by Gasteiger charge is 2.23. The van der Waals surface area contributed by atoms with Gasteiger partial charge in [-0.25, -0.2) is 4.98 Å². The summed E-state index contributed by atoms with van der Waals surface area (Å²) < 4.78 is 1.73. The number of pyridine rings is 2. The van der Waals surface area contributed by atoms with Crippen molar-refractivity contribution in [3.8, 4) is 11.5 Å². The molecule has 10 nitrogen and oxygen atoms in total. The van der Waals surface area contributed by atoms with Crippen LogP contribution in [0.3, 0.4) is 0 Å². The van der Waals surface area contributed by atoms with Gasteiger partial charge in [0.25, 0.3) is 5.91 Å². The number of fused-ring (bicyclic) bond motifs is 1. The van der Waals surface area contributed by atoms with Crippen LogP contribution in [0.4, 0.5) is 5.82 Å². The van der Waals surface area contributed by atoms with Gasteiger partial charge in [-0.3, -0.25) is 14.6 Å². The number of carbonyl (C=O) groups is 2. The molecular weight excluding hydrogens is 434 g/mol. The van der Waals surface area contributed by atoms with Gasteiger partial charge in [0.05, 0.1) is 12.6 Å². The number of rotatable bonds is 7.